The summed E-state index contributed by atoms with van der Waals surface area (Å²) in [4.78, 5) is 29.7. The van der Waals surface area contributed by atoms with Crippen molar-refractivity contribution in [3.8, 4) is 5.75 Å². The van der Waals surface area contributed by atoms with Gasteiger partial charge in [0.15, 0.2) is 5.65 Å². The number of hydrogen-bond acceptors (Lipinski definition) is 5. The number of aryl methyl sites for hydroxylation is 1. The van der Waals surface area contributed by atoms with Gasteiger partial charge in [-0.3, -0.25) is 14.2 Å². The Hall–Kier alpha value is -3.94. The first-order valence-electron chi connectivity index (χ1n) is 9.95. The highest BCUT2D eigenvalue weighted by molar-refractivity contribution is 5.96. The van der Waals surface area contributed by atoms with Gasteiger partial charge in [-0.1, -0.05) is 36.4 Å². The summed E-state index contributed by atoms with van der Waals surface area (Å²) in [6.07, 6.45) is 3.07. The smallest absolute Gasteiger partial charge is 0.264 e. The van der Waals surface area contributed by atoms with Gasteiger partial charge in [0.2, 0.25) is 0 Å². The molecule has 0 unspecified atom stereocenters. The third-order valence-corrected chi connectivity index (χ3v) is 5.18. The Morgan fingerprint density at radius 1 is 1.13 bits per heavy atom. The Morgan fingerprint density at radius 2 is 1.90 bits per heavy atom. The van der Waals surface area contributed by atoms with E-state index in [0.717, 1.165) is 11.1 Å². The van der Waals surface area contributed by atoms with Crippen LogP contribution in [-0.2, 0) is 13.1 Å². The number of rotatable bonds is 7. The number of hydrogen-bond donors (Lipinski definition) is 1. The molecule has 0 radical (unpaired) electrons. The minimum Gasteiger partial charge on any atom is -0.496 e. The van der Waals surface area contributed by atoms with Crippen LogP contribution in [0.5, 0.6) is 5.75 Å². The normalized spacial score (nSPS) is 10.9. The third-order valence-electron chi connectivity index (χ3n) is 5.18. The Balaban J connectivity index is 1.47. The van der Waals surface area contributed by atoms with Crippen molar-refractivity contribution in [3.63, 3.8) is 0 Å². The lowest BCUT2D eigenvalue weighted by Crippen LogP contribution is -2.28. The van der Waals surface area contributed by atoms with E-state index in [1.807, 2.05) is 37.3 Å². The van der Waals surface area contributed by atoms with Crippen molar-refractivity contribution in [2.75, 3.05) is 13.7 Å². The van der Waals surface area contributed by atoms with Crippen molar-refractivity contribution in [1.82, 2.24) is 24.6 Å². The van der Waals surface area contributed by atoms with E-state index >= 15 is 0 Å². The molecule has 8 nitrogen and oxygen atoms in total. The highest BCUT2D eigenvalue weighted by Crippen LogP contribution is 2.16. The zero-order valence-corrected chi connectivity index (χ0v) is 17.4. The molecule has 8 heteroatoms. The predicted molar refractivity (Wildman–Crippen MR) is 117 cm³/mol. The number of carbonyl (C=O) groups is 1. The van der Waals surface area contributed by atoms with E-state index in [0.29, 0.717) is 42.0 Å². The molecule has 1 N–H and O–H groups in total. The first-order valence-corrected chi connectivity index (χ1v) is 9.95. The van der Waals surface area contributed by atoms with Crippen molar-refractivity contribution >= 4 is 16.9 Å². The molecule has 0 aliphatic rings. The number of nitrogens with one attached hydrogen (secondary N) is 1. The van der Waals surface area contributed by atoms with Crippen LogP contribution in [0.25, 0.3) is 11.0 Å². The second kappa shape index (κ2) is 8.83. The maximum absolute atomic E-state index is 12.9. The van der Waals surface area contributed by atoms with Gasteiger partial charge in [-0.05, 0) is 30.2 Å². The fraction of sp³-hybridized carbons (Fsp3) is 0.217. The van der Waals surface area contributed by atoms with Gasteiger partial charge < -0.3 is 10.1 Å². The molecule has 0 aliphatic heterocycles. The topological polar surface area (TPSA) is 91.0 Å². The average molecular weight is 417 g/mol. The minimum absolute atomic E-state index is 0.141. The molecule has 1 amide bonds. The molecule has 0 saturated heterocycles. The van der Waals surface area contributed by atoms with E-state index in [1.165, 1.54) is 13.3 Å². The van der Waals surface area contributed by atoms with Gasteiger partial charge >= 0.3 is 0 Å². The molecular formula is C23H23N5O3. The van der Waals surface area contributed by atoms with Gasteiger partial charge in [-0.15, -0.1) is 0 Å². The second-order valence-corrected chi connectivity index (χ2v) is 7.17. The van der Waals surface area contributed by atoms with Gasteiger partial charge in [0.25, 0.3) is 11.5 Å². The summed E-state index contributed by atoms with van der Waals surface area (Å²) in [5.74, 6) is 0.280. The summed E-state index contributed by atoms with van der Waals surface area (Å²) in [6, 6.07) is 15.0. The second-order valence-electron chi connectivity index (χ2n) is 7.17. The molecule has 31 heavy (non-hydrogen) atoms. The van der Waals surface area contributed by atoms with E-state index in [-0.39, 0.29) is 11.5 Å². The van der Waals surface area contributed by atoms with Crippen LogP contribution in [0.3, 0.4) is 0 Å². The molecule has 0 bridgehead atoms. The summed E-state index contributed by atoms with van der Waals surface area (Å²) in [6.45, 7) is 3.19. The maximum Gasteiger partial charge on any atom is 0.264 e. The van der Waals surface area contributed by atoms with Gasteiger partial charge in [0.05, 0.1) is 32.0 Å². The lowest BCUT2D eigenvalue weighted by molar-refractivity contribution is 0.0949. The molecule has 0 aliphatic carbocycles. The fourth-order valence-corrected chi connectivity index (χ4v) is 3.45. The predicted octanol–water partition coefficient (Wildman–Crippen LogP) is 2.39. The largest absolute Gasteiger partial charge is 0.496 e. The van der Waals surface area contributed by atoms with E-state index < -0.39 is 0 Å². The number of methoxy groups -OCH3 is 1. The molecular weight excluding hydrogens is 394 g/mol. The van der Waals surface area contributed by atoms with E-state index in [4.69, 9.17) is 4.74 Å². The molecule has 2 aromatic heterocycles. The number of fused-ring (bicyclic) bond motifs is 1. The Morgan fingerprint density at radius 3 is 2.71 bits per heavy atom. The zero-order chi connectivity index (χ0) is 21.8. The molecule has 4 rings (SSSR count). The standard InChI is InChI=1S/C23H23N5O3/c1-16-7-3-4-8-17(16)14-27-15-25-21-19(23(27)30)13-26-28(21)12-11-24-22(29)18-9-5-6-10-20(18)31-2/h3-10,13,15H,11-12,14H2,1-2H3,(H,24,29). The molecule has 4 aromatic rings. The SMILES string of the molecule is COc1ccccc1C(=O)NCCn1ncc2c(=O)n(Cc3ccccc3C)cnc21. The van der Waals surface area contributed by atoms with Crippen molar-refractivity contribution in [2.24, 2.45) is 0 Å². The van der Waals surface area contributed by atoms with E-state index in [2.05, 4.69) is 15.4 Å². The first kappa shape index (κ1) is 20.3. The molecule has 0 spiro atoms. The van der Waals surface area contributed by atoms with Crippen molar-refractivity contribution in [1.29, 1.82) is 0 Å². The number of amides is 1. The third kappa shape index (κ3) is 4.18. The van der Waals surface area contributed by atoms with E-state index in [9.17, 15) is 9.59 Å². The lowest BCUT2D eigenvalue weighted by Gasteiger charge is -2.10. The molecule has 2 aromatic carbocycles. The number of aromatic nitrogens is 4. The summed E-state index contributed by atoms with van der Waals surface area (Å²) < 4.78 is 8.43. The van der Waals surface area contributed by atoms with Crippen molar-refractivity contribution in [2.45, 2.75) is 20.0 Å². The van der Waals surface area contributed by atoms with E-state index in [1.54, 1.807) is 33.8 Å². The molecule has 2 heterocycles. The molecule has 158 valence electrons. The first-order chi connectivity index (χ1) is 15.1. The number of benzene rings is 2. The zero-order valence-electron chi connectivity index (χ0n) is 17.4. The minimum atomic E-state index is -0.234. The Labute approximate surface area is 179 Å². The summed E-state index contributed by atoms with van der Waals surface area (Å²) >= 11 is 0. The highest BCUT2D eigenvalue weighted by atomic mass is 16.5. The van der Waals surface area contributed by atoms with Gasteiger partial charge in [-0.2, -0.15) is 5.10 Å². The van der Waals surface area contributed by atoms with Crippen LogP contribution >= 0.6 is 0 Å². The molecule has 0 atom stereocenters. The number of para-hydroxylation sites is 1. The molecule has 0 saturated carbocycles. The maximum atomic E-state index is 12.9. The van der Waals surface area contributed by atoms with Gasteiger partial charge in [0, 0.05) is 6.54 Å². The number of nitrogens with zero attached hydrogens (tertiary/aromatic N) is 4. The number of ether oxygens (including phenoxy) is 1. The summed E-state index contributed by atoms with van der Waals surface area (Å²) in [5.41, 5.74) is 3.01. The van der Waals surface area contributed by atoms with Crippen LogP contribution in [0.15, 0.2) is 65.8 Å². The van der Waals surface area contributed by atoms with Gasteiger partial charge in [-0.25, -0.2) is 9.67 Å². The van der Waals surface area contributed by atoms with Crippen molar-refractivity contribution in [3.05, 3.63) is 88.1 Å². The summed E-state index contributed by atoms with van der Waals surface area (Å²) in [5, 5.41) is 7.59. The monoisotopic (exact) mass is 417 g/mol. The summed E-state index contributed by atoms with van der Waals surface area (Å²) in [7, 11) is 1.53. The Kier molecular flexibility index (Phi) is 5.79. The van der Waals surface area contributed by atoms with Crippen LogP contribution < -0.4 is 15.6 Å². The number of carbonyl (C=O) groups excluding carboxylic acids is 1. The van der Waals surface area contributed by atoms with Crippen molar-refractivity contribution < 1.29 is 9.53 Å². The van der Waals surface area contributed by atoms with Gasteiger partial charge in [0.1, 0.15) is 17.5 Å². The fourth-order valence-electron chi connectivity index (χ4n) is 3.45. The van der Waals surface area contributed by atoms with Crippen LogP contribution in [-0.4, -0.2) is 38.9 Å². The van der Waals surface area contributed by atoms with Crippen LogP contribution in [0.4, 0.5) is 0 Å². The quantitative estimate of drug-likeness (QED) is 0.499. The van der Waals surface area contributed by atoms with Crippen LogP contribution in [0, 0.1) is 6.92 Å². The van der Waals surface area contributed by atoms with Crippen LogP contribution in [0.2, 0.25) is 0 Å². The van der Waals surface area contributed by atoms with Crippen LogP contribution in [0.1, 0.15) is 21.5 Å². The average Bonchev–Trinajstić information content (AvgIpc) is 3.20. The molecule has 0 fully saturated rings. The Bertz CT molecular complexity index is 1290. The lowest BCUT2D eigenvalue weighted by atomic mass is 10.1. The highest BCUT2D eigenvalue weighted by Gasteiger charge is 2.13.